The molecule has 0 saturated heterocycles. The molecule has 2 aromatic rings. The molecule has 1 aromatic carbocycles. The van der Waals surface area contributed by atoms with E-state index in [1.54, 1.807) is 10.9 Å². The summed E-state index contributed by atoms with van der Waals surface area (Å²) < 4.78 is 1.64. The van der Waals surface area contributed by atoms with Gasteiger partial charge in [0.15, 0.2) is 0 Å². The van der Waals surface area contributed by atoms with Crippen LogP contribution in [0.3, 0.4) is 0 Å². The zero-order chi connectivity index (χ0) is 11.0. The van der Waals surface area contributed by atoms with Crippen LogP contribution in [0.5, 0.6) is 0 Å². The highest BCUT2D eigenvalue weighted by molar-refractivity contribution is 6.32. The quantitative estimate of drug-likeness (QED) is 0.805. The SMILES string of the molecule is Cc1cc(C)cc(-n2ncc(Cl)c2N)c1. The summed E-state index contributed by atoms with van der Waals surface area (Å²) >= 11 is 5.85. The molecule has 78 valence electrons. The predicted molar refractivity (Wildman–Crippen MR) is 62.5 cm³/mol. The average molecular weight is 222 g/mol. The molecule has 0 aliphatic heterocycles. The van der Waals surface area contributed by atoms with Gasteiger partial charge in [-0.3, -0.25) is 0 Å². The summed E-state index contributed by atoms with van der Waals surface area (Å²) in [6, 6.07) is 6.14. The van der Waals surface area contributed by atoms with Gasteiger partial charge in [-0.05, 0) is 37.1 Å². The van der Waals surface area contributed by atoms with E-state index in [0.29, 0.717) is 10.8 Å². The third kappa shape index (κ3) is 1.83. The number of nitrogen functional groups attached to an aromatic ring is 1. The van der Waals surface area contributed by atoms with Crippen molar-refractivity contribution in [2.24, 2.45) is 0 Å². The summed E-state index contributed by atoms with van der Waals surface area (Å²) in [5.74, 6) is 0.474. The van der Waals surface area contributed by atoms with Crippen molar-refractivity contribution in [2.45, 2.75) is 13.8 Å². The Labute approximate surface area is 93.5 Å². The fourth-order valence-corrected chi connectivity index (χ4v) is 1.74. The van der Waals surface area contributed by atoms with Gasteiger partial charge < -0.3 is 5.73 Å². The second kappa shape index (κ2) is 3.59. The first kappa shape index (κ1) is 10.1. The first-order valence-electron chi connectivity index (χ1n) is 4.65. The van der Waals surface area contributed by atoms with Crippen LogP contribution in [0, 0.1) is 13.8 Å². The molecule has 0 saturated carbocycles. The van der Waals surface area contributed by atoms with Crippen LogP contribution in [0.25, 0.3) is 5.69 Å². The number of halogens is 1. The normalized spacial score (nSPS) is 10.6. The minimum atomic E-state index is 0.474. The maximum atomic E-state index is 5.85. The second-order valence-corrected chi connectivity index (χ2v) is 4.04. The maximum absolute atomic E-state index is 5.85. The number of nitrogens with two attached hydrogens (primary N) is 1. The summed E-state index contributed by atoms with van der Waals surface area (Å²) in [6.45, 7) is 4.08. The fourth-order valence-electron chi connectivity index (χ4n) is 1.62. The van der Waals surface area contributed by atoms with Crippen molar-refractivity contribution in [3.63, 3.8) is 0 Å². The van der Waals surface area contributed by atoms with E-state index in [4.69, 9.17) is 17.3 Å². The van der Waals surface area contributed by atoms with Gasteiger partial charge in [-0.15, -0.1) is 0 Å². The van der Waals surface area contributed by atoms with E-state index in [1.165, 1.54) is 11.1 Å². The van der Waals surface area contributed by atoms with Crippen LogP contribution in [0.4, 0.5) is 5.82 Å². The largest absolute Gasteiger partial charge is 0.382 e. The van der Waals surface area contributed by atoms with E-state index >= 15 is 0 Å². The molecule has 4 heteroatoms. The summed E-state index contributed by atoms with van der Waals surface area (Å²) in [4.78, 5) is 0. The number of hydrogen-bond donors (Lipinski definition) is 1. The molecule has 0 radical (unpaired) electrons. The van der Waals surface area contributed by atoms with Crippen molar-refractivity contribution in [3.05, 3.63) is 40.5 Å². The smallest absolute Gasteiger partial charge is 0.146 e. The highest BCUT2D eigenvalue weighted by Gasteiger charge is 2.07. The lowest BCUT2D eigenvalue weighted by Crippen LogP contribution is -2.02. The molecule has 2 N–H and O–H groups in total. The number of aryl methyl sites for hydroxylation is 2. The van der Waals surface area contributed by atoms with Crippen LogP contribution < -0.4 is 5.73 Å². The van der Waals surface area contributed by atoms with Crippen molar-refractivity contribution < 1.29 is 0 Å². The highest BCUT2D eigenvalue weighted by Crippen LogP contribution is 2.22. The molecule has 0 spiro atoms. The monoisotopic (exact) mass is 221 g/mol. The minimum absolute atomic E-state index is 0.474. The van der Waals surface area contributed by atoms with Gasteiger partial charge in [-0.2, -0.15) is 5.10 Å². The third-order valence-electron chi connectivity index (χ3n) is 2.21. The van der Waals surface area contributed by atoms with Gasteiger partial charge in [0.2, 0.25) is 0 Å². The Morgan fingerprint density at radius 3 is 2.27 bits per heavy atom. The molecule has 15 heavy (non-hydrogen) atoms. The molecule has 0 atom stereocenters. The molecule has 2 rings (SSSR count). The van der Waals surface area contributed by atoms with Crippen LogP contribution in [-0.4, -0.2) is 9.78 Å². The fraction of sp³-hybridized carbons (Fsp3) is 0.182. The summed E-state index contributed by atoms with van der Waals surface area (Å²) in [7, 11) is 0. The Kier molecular flexibility index (Phi) is 2.40. The van der Waals surface area contributed by atoms with Gasteiger partial charge in [0.05, 0.1) is 11.9 Å². The average Bonchev–Trinajstić information content (AvgIpc) is 2.46. The van der Waals surface area contributed by atoms with Crippen molar-refractivity contribution >= 4 is 17.4 Å². The molecule has 1 heterocycles. The first-order chi connectivity index (χ1) is 7.08. The van der Waals surface area contributed by atoms with Gasteiger partial charge in [0, 0.05) is 0 Å². The third-order valence-corrected chi connectivity index (χ3v) is 2.50. The Hall–Kier alpha value is -1.48. The molecule has 3 nitrogen and oxygen atoms in total. The van der Waals surface area contributed by atoms with E-state index in [1.807, 2.05) is 26.0 Å². The molecule has 0 unspecified atom stereocenters. The van der Waals surface area contributed by atoms with Gasteiger partial charge in [-0.1, -0.05) is 17.7 Å². The molecule has 0 aliphatic rings. The Morgan fingerprint density at radius 1 is 1.20 bits per heavy atom. The van der Waals surface area contributed by atoms with Crippen molar-refractivity contribution in [1.82, 2.24) is 9.78 Å². The van der Waals surface area contributed by atoms with Crippen molar-refractivity contribution in [2.75, 3.05) is 5.73 Å². The standard InChI is InChI=1S/C11H12ClN3/c1-7-3-8(2)5-9(4-7)15-11(13)10(12)6-14-15/h3-6H,13H2,1-2H3. The number of rotatable bonds is 1. The van der Waals surface area contributed by atoms with E-state index in [2.05, 4.69) is 11.2 Å². The van der Waals surface area contributed by atoms with Gasteiger partial charge in [0.25, 0.3) is 0 Å². The zero-order valence-electron chi connectivity index (χ0n) is 8.66. The van der Waals surface area contributed by atoms with E-state index in [0.717, 1.165) is 5.69 Å². The van der Waals surface area contributed by atoms with Crippen LogP contribution >= 0.6 is 11.6 Å². The number of aromatic nitrogens is 2. The summed E-state index contributed by atoms with van der Waals surface area (Å²) in [6.07, 6.45) is 1.55. The Morgan fingerprint density at radius 2 is 1.80 bits per heavy atom. The number of benzene rings is 1. The van der Waals surface area contributed by atoms with E-state index in [9.17, 15) is 0 Å². The van der Waals surface area contributed by atoms with Crippen molar-refractivity contribution in [1.29, 1.82) is 0 Å². The lowest BCUT2D eigenvalue weighted by molar-refractivity contribution is 0.888. The lowest BCUT2D eigenvalue weighted by atomic mass is 10.1. The van der Waals surface area contributed by atoms with Gasteiger partial charge in [0.1, 0.15) is 10.8 Å². The number of nitrogens with zero attached hydrogens (tertiary/aromatic N) is 2. The Balaban J connectivity index is 2.58. The summed E-state index contributed by atoms with van der Waals surface area (Å²) in [5, 5.41) is 4.61. The minimum Gasteiger partial charge on any atom is -0.382 e. The zero-order valence-corrected chi connectivity index (χ0v) is 9.42. The lowest BCUT2D eigenvalue weighted by Gasteiger charge is -2.06. The van der Waals surface area contributed by atoms with Gasteiger partial charge in [-0.25, -0.2) is 4.68 Å². The predicted octanol–water partition coefficient (Wildman–Crippen LogP) is 2.72. The molecular weight excluding hydrogens is 210 g/mol. The second-order valence-electron chi connectivity index (χ2n) is 3.64. The van der Waals surface area contributed by atoms with Crippen LogP contribution in [0.15, 0.2) is 24.4 Å². The topological polar surface area (TPSA) is 43.8 Å². The summed E-state index contributed by atoms with van der Waals surface area (Å²) in [5.41, 5.74) is 9.10. The van der Waals surface area contributed by atoms with E-state index < -0.39 is 0 Å². The molecular formula is C11H12ClN3. The van der Waals surface area contributed by atoms with Gasteiger partial charge >= 0.3 is 0 Å². The van der Waals surface area contributed by atoms with Crippen molar-refractivity contribution in [3.8, 4) is 5.69 Å². The first-order valence-corrected chi connectivity index (χ1v) is 5.03. The van der Waals surface area contributed by atoms with Crippen LogP contribution in [0.1, 0.15) is 11.1 Å². The molecule has 0 bridgehead atoms. The number of anilines is 1. The maximum Gasteiger partial charge on any atom is 0.146 e. The highest BCUT2D eigenvalue weighted by atomic mass is 35.5. The van der Waals surface area contributed by atoms with Crippen LogP contribution in [-0.2, 0) is 0 Å². The van der Waals surface area contributed by atoms with E-state index in [-0.39, 0.29) is 0 Å². The molecule has 0 amide bonds. The van der Waals surface area contributed by atoms with Crippen LogP contribution in [0.2, 0.25) is 5.02 Å². The Bertz CT molecular complexity index is 482. The molecule has 0 aliphatic carbocycles. The number of hydrogen-bond acceptors (Lipinski definition) is 2. The molecule has 1 aromatic heterocycles. The molecule has 0 fully saturated rings.